The first-order valence-corrected chi connectivity index (χ1v) is 7.57. The Kier molecular flexibility index (Phi) is 4.58. The van der Waals surface area contributed by atoms with Gasteiger partial charge in [0, 0.05) is 19.7 Å². The molecule has 1 unspecified atom stereocenters. The van der Waals surface area contributed by atoms with Crippen LogP contribution in [0.2, 0.25) is 0 Å². The molecule has 2 fully saturated rings. The number of piperazine rings is 1. The largest absolute Gasteiger partial charge is 0.445 e. The smallest absolute Gasteiger partial charge is 0.410 e. The Hall–Kier alpha value is -2.08. The van der Waals surface area contributed by atoms with Crippen molar-refractivity contribution in [3.05, 3.63) is 35.9 Å². The van der Waals surface area contributed by atoms with Gasteiger partial charge in [-0.15, -0.1) is 0 Å². The van der Waals surface area contributed by atoms with E-state index < -0.39 is 6.09 Å². The third kappa shape index (κ3) is 3.39. The van der Waals surface area contributed by atoms with Crippen molar-refractivity contribution in [2.75, 3.05) is 32.8 Å². The van der Waals surface area contributed by atoms with Crippen LogP contribution in [0.1, 0.15) is 12.0 Å². The number of carbonyl (C=O) groups excluding carboxylic acids is 2. The lowest BCUT2D eigenvalue weighted by atomic mass is 10.2. The van der Waals surface area contributed by atoms with Crippen LogP contribution in [0.4, 0.5) is 4.79 Å². The summed E-state index contributed by atoms with van der Waals surface area (Å²) in [4.78, 5) is 27.5. The standard InChI is InChI=1S/C16H20N2O4/c19-15-10-17(7-8-18(15)14-6-9-21-12-14)16(20)22-11-13-4-2-1-3-5-13/h1-5,14H,6-12H2. The predicted molar refractivity (Wildman–Crippen MR) is 79.1 cm³/mol. The molecule has 118 valence electrons. The Morgan fingerprint density at radius 3 is 2.77 bits per heavy atom. The van der Waals surface area contributed by atoms with E-state index in [9.17, 15) is 9.59 Å². The van der Waals surface area contributed by atoms with Gasteiger partial charge in [-0.2, -0.15) is 0 Å². The monoisotopic (exact) mass is 304 g/mol. The molecular weight excluding hydrogens is 284 g/mol. The maximum Gasteiger partial charge on any atom is 0.410 e. The van der Waals surface area contributed by atoms with Crippen molar-refractivity contribution in [2.24, 2.45) is 0 Å². The molecule has 1 aromatic rings. The van der Waals surface area contributed by atoms with Gasteiger partial charge in [0.1, 0.15) is 13.2 Å². The molecule has 2 heterocycles. The van der Waals surface area contributed by atoms with Crippen molar-refractivity contribution in [3.8, 4) is 0 Å². The molecular formula is C16H20N2O4. The van der Waals surface area contributed by atoms with Gasteiger partial charge in [0.2, 0.25) is 5.91 Å². The first-order chi connectivity index (χ1) is 10.7. The highest BCUT2D eigenvalue weighted by Gasteiger charge is 2.33. The van der Waals surface area contributed by atoms with Crippen LogP contribution in [0.5, 0.6) is 0 Å². The second-order valence-corrected chi connectivity index (χ2v) is 5.57. The quantitative estimate of drug-likeness (QED) is 0.843. The fourth-order valence-corrected chi connectivity index (χ4v) is 2.81. The summed E-state index contributed by atoms with van der Waals surface area (Å²) in [5.74, 6) is -0.0292. The zero-order chi connectivity index (χ0) is 15.4. The summed E-state index contributed by atoms with van der Waals surface area (Å²) >= 11 is 0. The molecule has 0 spiro atoms. The fraction of sp³-hybridized carbons (Fsp3) is 0.500. The average Bonchev–Trinajstić information content (AvgIpc) is 3.07. The van der Waals surface area contributed by atoms with E-state index in [-0.39, 0.29) is 25.1 Å². The van der Waals surface area contributed by atoms with E-state index in [1.54, 1.807) is 0 Å². The first-order valence-electron chi connectivity index (χ1n) is 7.57. The third-order valence-corrected chi connectivity index (χ3v) is 4.07. The molecule has 1 atom stereocenters. The van der Waals surface area contributed by atoms with Gasteiger partial charge in [0.15, 0.2) is 0 Å². The third-order valence-electron chi connectivity index (χ3n) is 4.07. The van der Waals surface area contributed by atoms with E-state index in [0.717, 1.165) is 12.0 Å². The lowest BCUT2D eigenvalue weighted by Crippen LogP contribution is -2.55. The normalized spacial score (nSPS) is 22.0. The van der Waals surface area contributed by atoms with Crippen LogP contribution in [0.3, 0.4) is 0 Å². The van der Waals surface area contributed by atoms with Crippen LogP contribution in [0, 0.1) is 0 Å². The molecule has 0 radical (unpaired) electrons. The van der Waals surface area contributed by atoms with Crippen LogP contribution in [-0.4, -0.2) is 60.7 Å². The van der Waals surface area contributed by atoms with E-state index in [2.05, 4.69) is 0 Å². The van der Waals surface area contributed by atoms with Crippen molar-refractivity contribution in [1.29, 1.82) is 0 Å². The molecule has 0 bridgehead atoms. The van der Waals surface area contributed by atoms with E-state index in [0.29, 0.717) is 26.3 Å². The summed E-state index contributed by atoms with van der Waals surface area (Å²) in [5, 5.41) is 0. The molecule has 22 heavy (non-hydrogen) atoms. The minimum absolute atomic E-state index is 0.0292. The highest BCUT2D eigenvalue weighted by Crippen LogP contribution is 2.16. The number of amides is 2. The summed E-state index contributed by atoms with van der Waals surface area (Å²) in [5.41, 5.74) is 0.934. The molecule has 0 aliphatic carbocycles. The van der Waals surface area contributed by atoms with Crippen LogP contribution < -0.4 is 0 Å². The van der Waals surface area contributed by atoms with Crippen molar-refractivity contribution in [1.82, 2.24) is 9.80 Å². The number of hydrogen-bond donors (Lipinski definition) is 0. The summed E-state index contributed by atoms with van der Waals surface area (Å²) in [7, 11) is 0. The molecule has 0 saturated carbocycles. The van der Waals surface area contributed by atoms with Gasteiger partial charge in [-0.25, -0.2) is 4.79 Å². The van der Waals surface area contributed by atoms with Gasteiger partial charge in [0.25, 0.3) is 0 Å². The predicted octanol–water partition coefficient (Wildman–Crippen LogP) is 1.26. The molecule has 6 nitrogen and oxygen atoms in total. The summed E-state index contributed by atoms with van der Waals surface area (Å²) < 4.78 is 10.6. The Balaban J connectivity index is 1.49. The second-order valence-electron chi connectivity index (χ2n) is 5.57. The van der Waals surface area contributed by atoms with E-state index in [4.69, 9.17) is 9.47 Å². The SMILES string of the molecule is O=C(OCc1ccccc1)N1CCN(C2CCOC2)C(=O)C1. The van der Waals surface area contributed by atoms with Crippen molar-refractivity contribution in [2.45, 2.75) is 19.1 Å². The highest BCUT2D eigenvalue weighted by atomic mass is 16.6. The average molecular weight is 304 g/mol. The van der Waals surface area contributed by atoms with E-state index in [1.165, 1.54) is 4.90 Å². The van der Waals surface area contributed by atoms with Crippen LogP contribution in [0.25, 0.3) is 0 Å². The lowest BCUT2D eigenvalue weighted by Gasteiger charge is -2.36. The number of rotatable bonds is 3. The number of benzene rings is 1. The highest BCUT2D eigenvalue weighted by molar-refractivity contribution is 5.83. The zero-order valence-corrected chi connectivity index (χ0v) is 12.4. The van der Waals surface area contributed by atoms with Gasteiger partial charge in [-0.1, -0.05) is 30.3 Å². The maximum absolute atomic E-state index is 12.2. The van der Waals surface area contributed by atoms with Gasteiger partial charge in [-0.3, -0.25) is 9.69 Å². The minimum Gasteiger partial charge on any atom is -0.445 e. The summed E-state index contributed by atoms with van der Waals surface area (Å²) in [6.45, 7) is 2.68. The Bertz CT molecular complexity index is 528. The van der Waals surface area contributed by atoms with Gasteiger partial charge in [-0.05, 0) is 12.0 Å². The van der Waals surface area contributed by atoms with Crippen molar-refractivity contribution in [3.63, 3.8) is 0 Å². The van der Waals surface area contributed by atoms with Gasteiger partial charge >= 0.3 is 6.09 Å². The summed E-state index contributed by atoms with van der Waals surface area (Å²) in [6, 6.07) is 9.67. The van der Waals surface area contributed by atoms with Crippen LogP contribution >= 0.6 is 0 Å². The van der Waals surface area contributed by atoms with Gasteiger partial charge in [0.05, 0.1) is 12.6 Å². The van der Waals surface area contributed by atoms with Crippen LogP contribution in [0.15, 0.2) is 30.3 Å². The molecule has 3 rings (SSSR count). The molecule has 0 N–H and O–H groups in total. The second kappa shape index (κ2) is 6.79. The molecule has 0 aromatic heterocycles. The molecule has 1 aromatic carbocycles. The zero-order valence-electron chi connectivity index (χ0n) is 12.4. The maximum atomic E-state index is 12.2. The number of nitrogens with zero attached hydrogens (tertiary/aromatic N) is 2. The van der Waals surface area contributed by atoms with Crippen molar-refractivity contribution < 1.29 is 19.1 Å². The summed E-state index contributed by atoms with van der Waals surface area (Å²) in [6.07, 6.45) is 0.448. The Morgan fingerprint density at radius 2 is 2.09 bits per heavy atom. The first kappa shape index (κ1) is 14.8. The van der Waals surface area contributed by atoms with Crippen LogP contribution in [-0.2, 0) is 20.9 Å². The molecule has 2 saturated heterocycles. The fourth-order valence-electron chi connectivity index (χ4n) is 2.81. The topological polar surface area (TPSA) is 59.1 Å². The molecule has 2 aliphatic rings. The molecule has 6 heteroatoms. The minimum atomic E-state index is -0.431. The molecule has 2 amide bonds. The van der Waals surface area contributed by atoms with Crippen molar-refractivity contribution >= 4 is 12.0 Å². The number of carbonyl (C=O) groups is 2. The lowest BCUT2D eigenvalue weighted by molar-refractivity contribution is -0.138. The number of ether oxygens (including phenoxy) is 2. The Morgan fingerprint density at radius 1 is 1.27 bits per heavy atom. The number of hydrogen-bond acceptors (Lipinski definition) is 4. The van der Waals surface area contributed by atoms with Gasteiger partial charge < -0.3 is 14.4 Å². The van der Waals surface area contributed by atoms with E-state index in [1.807, 2.05) is 35.2 Å². The Labute approximate surface area is 129 Å². The van der Waals surface area contributed by atoms with E-state index >= 15 is 0 Å². The molecule has 2 aliphatic heterocycles.